The van der Waals surface area contributed by atoms with Crippen LogP contribution in [0.25, 0.3) is 0 Å². The molecule has 0 bridgehead atoms. The summed E-state index contributed by atoms with van der Waals surface area (Å²) in [6.07, 6.45) is 0.0434. The first kappa shape index (κ1) is 15.0. The third-order valence-electron chi connectivity index (χ3n) is 3.87. The number of carbonyl (C=O) groups excluding carboxylic acids is 1. The van der Waals surface area contributed by atoms with E-state index < -0.39 is 0 Å². The van der Waals surface area contributed by atoms with E-state index in [0.717, 1.165) is 13.1 Å². The molecule has 0 radical (unpaired) electrons. The van der Waals surface area contributed by atoms with E-state index >= 15 is 0 Å². The fraction of sp³-hybridized carbons (Fsp3) is 0.562. The van der Waals surface area contributed by atoms with Gasteiger partial charge in [0.2, 0.25) is 0 Å². The van der Waals surface area contributed by atoms with Gasteiger partial charge in [0.25, 0.3) is 5.91 Å². The summed E-state index contributed by atoms with van der Waals surface area (Å²) in [4.78, 5) is 14.6. The maximum Gasteiger partial charge on any atom is 0.251 e. The molecule has 1 fully saturated rings. The first-order chi connectivity index (χ1) is 9.41. The Kier molecular flexibility index (Phi) is 4.45. The molecule has 1 N–H and O–H groups in total. The van der Waals surface area contributed by atoms with Crippen molar-refractivity contribution >= 4 is 5.91 Å². The van der Waals surface area contributed by atoms with Gasteiger partial charge in [0.05, 0.1) is 12.1 Å². The first-order valence-corrected chi connectivity index (χ1v) is 7.05. The monoisotopic (exact) mass is 276 g/mol. The number of benzene rings is 1. The number of nitrogens with one attached hydrogen (secondary N) is 1. The molecule has 110 valence electrons. The van der Waals surface area contributed by atoms with E-state index in [0.29, 0.717) is 5.56 Å². The Morgan fingerprint density at radius 2 is 1.90 bits per heavy atom. The number of methoxy groups -OCH3 is 1. The van der Waals surface area contributed by atoms with E-state index in [1.54, 1.807) is 7.11 Å². The molecule has 0 aromatic heterocycles. The molecule has 2 atom stereocenters. The molecule has 1 aromatic rings. The second-order valence-electron chi connectivity index (χ2n) is 6.30. The number of nitrogens with zero attached hydrogens (tertiary/aromatic N) is 1. The zero-order valence-corrected chi connectivity index (χ0v) is 12.7. The van der Waals surface area contributed by atoms with Crippen LogP contribution < -0.4 is 5.32 Å². The van der Waals surface area contributed by atoms with E-state index in [2.05, 4.69) is 31.0 Å². The van der Waals surface area contributed by atoms with E-state index in [9.17, 15) is 4.79 Å². The van der Waals surface area contributed by atoms with Crippen LogP contribution in [0.1, 0.15) is 31.1 Å². The maximum atomic E-state index is 12.2. The third kappa shape index (κ3) is 3.38. The Bertz CT molecular complexity index is 453. The van der Waals surface area contributed by atoms with Gasteiger partial charge in [0, 0.05) is 31.3 Å². The van der Waals surface area contributed by atoms with Crippen molar-refractivity contribution in [2.24, 2.45) is 0 Å². The van der Waals surface area contributed by atoms with Gasteiger partial charge in [-0.2, -0.15) is 0 Å². The normalized spacial score (nSPS) is 23.8. The highest BCUT2D eigenvalue weighted by Crippen LogP contribution is 2.22. The predicted octanol–water partition coefficient (Wildman–Crippen LogP) is 1.91. The summed E-state index contributed by atoms with van der Waals surface area (Å²) in [6, 6.07) is 9.34. The predicted molar refractivity (Wildman–Crippen MR) is 79.8 cm³/mol. The minimum atomic E-state index is -0.0339. The van der Waals surface area contributed by atoms with Gasteiger partial charge in [0.15, 0.2) is 0 Å². The maximum absolute atomic E-state index is 12.2. The van der Waals surface area contributed by atoms with E-state index in [1.807, 2.05) is 30.3 Å². The van der Waals surface area contributed by atoms with Gasteiger partial charge >= 0.3 is 0 Å². The second-order valence-corrected chi connectivity index (χ2v) is 6.30. The number of rotatable bonds is 3. The number of ether oxygens (including phenoxy) is 1. The zero-order valence-electron chi connectivity index (χ0n) is 12.7. The number of hydrogen-bond acceptors (Lipinski definition) is 3. The lowest BCUT2D eigenvalue weighted by Crippen LogP contribution is -2.44. The molecule has 1 aliphatic rings. The Morgan fingerprint density at radius 3 is 2.45 bits per heavy atom. The van der Waals surface area contributed by atoms with Crippen LogP contribution in [0.5, 0.6) is 0 Å². The minimum absolute atomic E-state index is 0.0339. The lowest BCUT2D eigenvalue weighted by Gasteiger charge is -2.31. The SMILES string of the molecule is COC1CN(C(C)(C)C)CC1NC(=O)c1ccccc1. The Hall–Kier alpha value is -1.39. The van der Waals surface area contributed by atoms with Crippen LogP contribution in [0, 0.1) is 0 Å². The summed E-state index contributed by atoms with van der Waals surface area (Å²) in [6.45, 7) is 8.21. The second kappa shape index (κ2) is 5.94. The fourth-order valence-electron chi connectivity index (χ4n) is 2.54. The Labute approximate surface area is 121 Å². The van der Waals surface area contributed by atoms with Gasteiger partial charge in [-0.05, 0) is 32.9 Å². The molecule has 4 heteroatoms. The molecule has 1 heterocycles. The molecule has 0 saturated carbocycles. The number of likely N-dealkylation sites (tertiary alicyclic amines) is 1. The van der Waals surface area contributed by atoms with Gasteiger partial charge in [-0.15, -0.1) is 0 Å². The van der Waals surface area contributed by atoms with Crippen molar-refractivity contribution in [3.05, 3.63) is 35.9 Å². The van der Waals surface area contributed by atoms with Crippen LogP contribution in [-0.2, 0) is 4.74 Å². The summed E-state index contributed by atoms with van der Waals surface area (Å²) in [5.41, 5.74) is 0.778. The molecule has 4 nitrogen and oxygen atoms in total. The van der Waals surface area contributed by atoms with Crippen LogP contribution in [0.3, 0.4) is 0 Å². The lowest BCUT2D eigenvalue weighted by molar-refractivity contribution is 0.0718. The fourth-order valence-corrected chi connectivity index (χ4v) is 2.54. The van der Waals surface area contributed by atoms with E-state index in [1.165, 1.54) is 0 Å². The molecule has 0 spiro atoms. The lowest BCUT2D eigenvalue weighted by atomic mass is 10.1. The van der Waals surface area contributed by atoms with Crippen molar-refractivity contribution in [3.63, 3.8) is 0 Å². The van der Waals surface area contributed by atoms with Crippen LogP contribution in [-0.4, -0.2) is 48.7 Å². The quantitative estimate of drug-likeness (QED) is 0.917. The molecule has 1 aromatic carbocycles. The van der Waals surface area contributed by atoms with E-state index in [4.69, 9.17) is 4.74 Å². The molecule has 0 aliphatic carbocycles. The number of hydrogen-bond donors (Lipinski definition) is 1. The molecule has 1 amide bonds. The van der Waals surface area contributed by atoms with Crippen molar-refractivity contribution in [1.29, 1.82) is 0 Å². The van der Waals surface area contributed by atoms with E-state index in [-0.39, 0.29) is 23.6 Å². The van der Waals surface area contributed by atoms with Crippen molar-refractivity contribution in [3.8, 4) is 0 Å². The zero-order chi connectivity index (χ0) is 14.8. The van der Waals surface area contributed by atoms with Crippen molar-refractivity contribution in [2.75, 3.05) is 20.2 Å². The van der Waals surface area contributed by atoms with Gasteiger partial charge in [-0.1, -0.05) is 18.2 Å². The first-order valence-electron chi connectivity index (χ1n) is 7.05. The van der Waals surface area contributed by atoms with Crippen LogP contribution in [0.2, 0.25) is 0 Å². The van der Waals surface area contributed by atoms with Crippen molar-refractivity contribution < 1.29 is 9.53 Å². The standard InChI is InChI=1S/C16H24N2O2/c1-16(2,3)18-10-13(14(11-18)20-4)17-15(19)12-8-6-5-7-9-12/h5-9,13-14H,10-11H2,1-4H3,(H,17,19). The molecular formula is C16H24N2O2. The summed E-state index contributed by atoms with van der Waals surface area (Å²) in [5.74, 6) is -0.0339. The van der Waals surface area contributed by atoms with Crippen LogP contribution >= 0.6 is 0 Å². The molecule has 2 rings (SSSR count). The molecule has 1 aliphatic heterocycles. The Balaban J connectivity index is 2.03. The topological polar surface area (TPSA) is 41.6 Å². The van der Waals surface area contributed by atoms with Gasteiger partial charge < -0.3 is 10.1 Å². The average Bonchev–Trinajstić information content (AvgIpc) is 2.82. The summed E-state index contributed by atoms with van der Waals surface area (Å²) in [7, 11) is 1.71. The molecule has 2 unspecified atom stereocenters. The number of carbonyl (C=O) groups is 1. The highest BCUT2D eigenvalue weighted by atomic mass is 16.5. The average molecular weight is 276 g/mol. The smallest absolute Gasteiger partial charge is 0.251 e. The highest BCUT2D eigenvalue weighted by Gasteiger charge is 2.38. The third-order valence-corrected chi connectivity index (χ3v) is 3.87. The molecule has 1 saturated heterocycles. The van der Waals surface area contributed by atoms with Crippen LogP contribution in [0.15, 0.2) is 30.3 Å². The van der Waals surface area contributed by atoms with Crippen LogP contribution in [0.4, 0.5) is 0 Å². The summed E-state index contributed by atoms with van der Waals surface area (Å²) >= 11 is 0. The minimum Gasteiger partial charge on any atom is -0.378 e. The Morgan fingerprint density at radius 1 is 1.25 bits per heavy atom. The molecular weight excluding hydrogens is 252 g/mol. The van der Waals surface area contributed by atoms with Gasteiger partial charge in [0.1, 0.15) is 0 Å². The van der Waals surface area contributed by atoms with Gasteiger partial charge in [-0.3, -0.25) is 9.69 Å². The van der Waals surface area contributed by atoms with Crippen molar-refractivity contribution in [2.45, 2.75) is 38.5 Å². The number of amides is 1. The van der Waals surface area contributed by atoms with Crippen molar-refractivity contribution in [1.82, 2.24) is 10.2 Å². The molecule has 20 heavy (non-hydrogen) atoms. The largest absolute Gasteiger partial charge is 0.378 e. The van der Waals surface area contributed by atoms with Gasteiger partial charge in [-0.25, -0.2) is 0 Å². The summed E-state index contributed by atoms with van der Waals surface area (Å²) < 4.78 is 5.53. The summed E-state index contributed by atoms with van der Waals surface area (Å²) in [5, 5.41) is 3.09. The highest BCUT2D eigenvalue weighted by molar-refractivity contribution is 5.94.